The van der Waals surface area contributed by atoms with Gasteiger partial charge in [0, 0.05) is 50.8 Å². The van der Waals surface area contributed by atoms with E-state index in [1.165, 1.54) is 16.3 Å². The molecule has 1 rings (SSSR count). The zero-order valence-electron chi connectivity index (χ0n) is 13.4. The van der Waals surface area contributed by atoms with Gasteiger partial charge in [0.05, 0.1) is 5.01 Å². The largest absolute Gasteiger partial charge is 0.381 e. The Hall–Kier alpha value is -1.14. The topological polar surface area (TPSA) is 58.5 Å². The highest BCUT2D eigenvalue weighted by atomic mass is 32.1. The summed E-state index contributed by atoms with van der Waals surface area (Å²) in [6, 6.07) is 0. The highest BCUT2D eigenvalue weighted by Gasteiger charge is 2.00. The molecule has 0 aliphatic heterocycles. The van der Waals surface area contributed by atoms with E-state index in [9.17, 15) is 0 Å². The Kier molecular flexibility index (Phi) is 9.82. The zero-order chi connectivity index (χ0) is 15.3. The van der Waals surface area contributed by atoms with E-state index in [4.69, 9.17) is 4.74 Å². The molecular formula is C15H28N4OS. The average Bonchev–Trinajstić information content (AvgIpc) is 2.90. The van der Waals surface area contributed by atoms with Crippen LogP contribution in [0.3, 0.4) is 0 Å². The Morgan fingerprint density at radius 1 is 1.29 bits per heavy atom. The van der Waals surface area contributed by atoms with Crippen LogP contribution in [0.4, 0.5) is 0 Å². The number of aliphatic imine (C=N–C) groups is 1. The number of hydrogen-bond donors (Lipinski definition) is 2. The summed E-state index contributed by atoms with van der Waals surface area (Å²) < 4.78 is 5.52. The molecule has 0 spiro atoms. The molecule has 5 nitrogen and oxygen atoms in total. The van der Waals surface area contributed by atoms with E-state index >= 15 is 0 Å². The summed E-state index contributed by atoms with van der Waals surface area (Å²) in [5.74, 6) is 0.844. The van der Waals surface area contributed by atoms with Gasteiger partial charge in [0.25, 0.3) is 0 Å². The minimum Gasteiger partial charge on any atom is -0.381 e. The summed E-state index contributed by atoms with van der Waals surface area (Å²) >= 11 is 1.75. The number of nitrogens with one attached hydrogen (secondary N) is 2. The second-order valence-corrected chi connectivity index (χ2v) is 6.18. The summed E-state index contributed by atoms with van der Waals surface area (Å²) in [6.07, 6.45) is 6.18. The van der Waals surface area contributed by atoms with Crippen LogP contribution in [0, 0.1) is 6.92 Å². The monoisotopic (exact) mass is 312 g/mol. The summed E-state index contributed by atoms with van der Waals surface area (Å²) in [7, 11) is 1.79. The van der Waals surface area contributed by atoms with Gasteiger partial charge in [-0.1, -0.05) is 13.3 Å². The maximum absolute atomic E-state index is 5.52. The van der Waals surface area contributed by atoms with E-state index < -0.39 is 0 Å². The van der Waals surface area contributed by atoms with Crippen molar-refractivity contribution >= 4 is 17.3 Å². The fourth-order valence-electron chi connectivity index (χ4n) is 1.75. The standard InChI is InChI=1S/C15H28N4OS/c1-4-5-10-20-11-6-8-17-15(16-3)18-9-7-14-19-12-13(2)21-14/h12H,4-11H2,1-3H3,(H2,16,17,18). The first-order valence-corrected chi connectivity index (χ1v) is 8.51. The van der Waals surface area contributed by atoms with Crippen LogP contribution in [-0.4, -0.2) is 44.3 Å². The van der Waals surface area contributed by atoms with Gasteiger partial charge in [-0.3, -0.25) is 4.99 Å². The fourth-order valence-corrected chi connectivity index (χ4v) is 2.54. The first-order valence-electron chi connectivity index (χ1n) is 7.69. The highest BCUT2D eigenvalue weighted by Crippen LogP contribution is 2.10. The summed E-state index contributed by atoms with van der Waals surface area (Å²) in [5.41, 5.74) is 0. The first kappa shape index (κ1) is 17.9. The number of aryl methyl sites for hydroxylation is 1. The molecular weight excluding hydrogens is 284 g/mol. The van der Waals surface area contributed by atoms with Gasteiger partial charge < -0.3 is 15.4 Å². The highest BCUT2D eigenvalue weighted by molar-refractivity contribution is 7.11. The molecule has 0 atom stereocenters. The lowest BCUT2D eigenvalue weighted by atomic mass is 10.4. The van der Waals surface area contributed by atoms with Gasteiger partial charge in [0.2, 0.25) is 0 Å². The van der Waals surface area contributed by atoms with Crippen LogP contribution in [0.15, 0.2) is 11.2 Å². The van der Waals surface area contributed by atoms with Crippen LogP contribution in [0.5, 0.6) is 0 Å². The molecule has 0 aliphatic carbocycles. The predicted octanol–water partition coefficient (Wildman–Crippen LogP) is 2.37. The van der Waals surface area contributed by atoms with Gasteiger partial charge in [-0.15, -0.1) is 11.3 Å². The van der Waals surface area contributed by atoms with Crippen molar-refractivity contribution in [2.75, 3.05) is 33.4 Å². The van der Waals surface area contributed by atoms with Gasteiger partial charge in [-0.2, -0.15) is 0 Å². The van der Waals surface area contributed by atoms with Crippen molar-refractivity contribution in [1.82, 2.24) is 15.6 Å². The van der Waals surface area contributed by atoms with Crippen LogP contribution in [0.1, 0.15) is 36.1 Å². The molecule has 21 heavy (non-hydrogen) atoms. The van der Waals surface area contributed by atoms with Crippen LogP contribution < -0.4 is 10.6 Å². The van der Waals surface area contributed by atoms with Gasteiger partial charge in [0.15, 0.2) is 5.96 Å². The summed E-state index contributed by atoms with van der Waals surface area (Å²) in [5, 5.41) is 7.76. The maximum atomic E-state index is 5.52. The third-order valence-corrected chi connectivity index (χ3v) is 3.90. The Morgan fingerprint density at radius 3 is 2.71 bits per heavy atom. The molecule has 0 fully saturated rings. The SMILES string of the molecule is CCCCOCCCNC(=NC)NCCc1ncc(C)s1. The second-order valence-electron chi connectivity index (χ2n) is 4.86. The van der Waals surface area contributed by atoms with E-state index in [0.717, 1.165) is 51.5 Å². The van der Waals surface area contributed by atoms with Crippen LogP contribution in [0.25, 0.3) is 0 Å². The van der Waals surface area contributed by atoms with E-state index in [0.29, 0.717) is 0 Å². The molecule has 0 bridgehead atoms. The molecule has 2 N–H and O–H groups in total. The van der Waals surface area contributed by atoms with Crippen molar-refractivity contribution < 1.29 is 4.74 Å². The minimum absolute atomic E-state index is 0.808. The van der Waals surface area contributed by atoms with Gasteiger partial charge in [-0.25, -0.2) is 4.98 Å². The lowest BCUT2D eigenvalue weighted by molar-refractivity contribution is 0.129. The number of unbranched alkanes of at least 4 members (excludes halogenated alkanes) is 1. The zero-order valence-corrected chi connectivity index (χ0v) is 14.3. The van der Waals surface area contributed by atoms with Crippen molar-refractivity contribution in [1.29, 1.82) is 0 Å². The maximum Gasteiger partial charge on any atom is 0.190 e. The number of thiazole rings is 1. The number of nitrogens with zero attached hydrogens (tertiary/aromatic N) is 2. The van der Waals surface area contributed by atoms with Crippen molar-refractivity contribution in [3.63, 3.8) is 0 Å². The van der Waals surface area contributed by atoms with Gasteiger partial charge in [0.1, 0.15) is 0 Å². The van der Waals surface area contributed by atoms with Gasteiger partial charge in [-0.05, 0) is 19.8 Å². The van der Waals surface area contributed by atoms with E-state index in [-0.39, 0.29) is 0 Å². The van der Waals surface area contributed by atoms with Gasteiger partial charge >= 0.3 is 0 Å². The van der Waals surface area contributed by atoms with E-state index in [2.05, 4.69) is 34.5 Å². The first-order chi connectivity index (χ1) is 10.3. The Morgan fingerprint density at radius 2 is 2.05 bits per heavy atom. The molecule has 1 heterocycles. The summed E-state index contributed by atoms with van der Waals surface area (Å²) in [4.78, 5) is 9.82. The van der Waals surface area contributed by atoms with E-state index in [1.54, 1.807) is 18.4 Å². The molecule has 0 aromatic carbocycles. The smallest absolute Gasteiger partial charge is 0.190 e. The molecule has 0 saturated carbocycles. The molecule has 0 unspecified atom stereocenters. The molecule has 120 valence electrons. The minimum atomic E-state index is 0.808. The van der Waals surface area contributed by atoms with Crippen molar-refractivity contribution in [2.24, 2.45) is 4.99 Å². The lowest BCUT2D eigenvalue weighted by Gasteiger charge is -2.11. The number of ether oxygens (including phenoxy) is 1. The van der Waals surface area contributed by atoms with Crippen LogP contribution >= 0.6 is 11.3 Å². The number of hydrogen-bond acceptors (Lipinski definition) is 4. The Bertz CT molecular complexity index is 406. The molecule has 1 aromatic heterocycles. The summed E-state index contributed by atoms with van der Waals surface area (Å²) in [6.45, 7) is 7.66. The molecule has 0 radical (unpaired) electrons. The van der Waals surface area contributed by atoms with Crippen molar-refractivity contribution in [3.05, 3.63) is 16.1 Å². The molecule has 0 saturated heterocycles. The normalized spacial score (nSPS) is 11.7. The molecule has 0 amide bonds. The second kappa shape index (κ2) is 11.5. The third kappa shape index (κ3) is 8.67. The number of aromatic nitrogens is 1. The Balaban J connectivity index is 2.04. The van der Waals surface area contributed by atoms with Crippen molar-refractivity contribution in [3.8, 4) is 0 Å². The van der Waals surface area contributed by atoms with E-state index in [1.807, 2.05) is 6.20 Å². The average molecular weight is 312 g/mol. The fraction of sp³-hybridized carbons (Fsp3) is 0.733. The Labute approximate surface area is 132 Å². The van der Waals surface area contributed by atoms with Crippen molar-refractivity contribution in [2.45, 2.75) is 39.5 Å². The van der Waals surface area contributed by atoms with Crippen LogP contribution in [0.2, 0.25) is 0 Å². The van der Waals surface area contributed by atoms with Crippen LogP contribution in [-0.2, 0) is 11.2 Å². The predicted molar refractivity (Wildman–Crippen MR) is 90.3 cm³/mol. The lowest BCUT2D eigenvalue weighted by Crippen LogP contribution is -2.39. The number of rotatable bonds is 10. The number of guanidine groups is 1. The molecule has 1 aromatic rings. The molecule has 0 aliphatic rings. The molecule has 6 heteroatoms. The third-order valence-electron chi connectivity index (χ3n) is 2.92. The quantitative estimate of drug-likeness (QED) is 0.396.